The number of hydrogen-bond donors (Lipinski definition) is 1. The van der Waals surface area contributed by atoms with E-state index in [1.807, 2.05) is 0 Å². The summed E-state index contributed by atoms with van der Waals surface area (Å²) >= 11 is 0. The van der Waals surface area contributed by atoms with Crippen LogP contribution < -0.4 is 0 Å². The lowest BCUT2D eigenvalue weighted by Gasteiger charge is -2.11. The highest BCUT2D eigenvalue weighted by atomic mass is 19.4. The third kappa shape index (κ3) is 2.60. The minimum Gasteiger partial charge on any atom is -0.476 e. The number of aromatic nitrogens is 2. The zero-order chi connectivity index (χ0) is 15.1. The molecule has 0 aromatic carbocycles. The molecule has 0 fully saturated rings. The van der Waals surface area contributed by atoms with Crippen LogP contribution in [0.2, 0.25) is 0 Å². The molecule has 8 heteroatoms. The predicted molar refractivity (Wildman–Crippen MR) is 64.5 cm³/mol. The van der Waals surface area contributed by atoms with Crippen molar-refractivity contribution in [1.29, 1.82) is 0 Å². The summed E-state index contributed by atoms with van der Waals surface area (Å²) in [5, 5.41) is 9.09. The van der Waals surface area contributed by atoms with E-state index in [-0.39, 0.29) is 23.6 Å². The molecule has 2 aromatic rings. The highest BCUT2D eigenvalue weighted by Gasteiger charge is 2.31. The molecule has 0 aliphatic heterocycles. The van der Waals surface area contributed by atoms with Crippen molar-refractivity contribution in [2.75, 3.05) is 14.1 Å². The van der Waals surface area contributed by atoms with Crippen LogP contribution in [0.1, 0.15) is 21.7 Å². The van der Waals surface area contributed by atoms with Gasteiger partial charge in [-0.1, -0.05) is 0 Å². The molecule has 0 unspecified atom stereocenters. The minimum atomic E-state index is -4.49. The van der Waals surface area contributed by atoms with Gasteiger partial charge in [0.1, 0.15) is 5.65 Å². The number of hydrogen-bond acceptors (Lipinski definition) is 3. The van der Waals surface area contributed by atoms with Gasteiger partial charge < -0.3 is 14.4 Å². The summed E-state index contributed by atoms with van der Waals surface area (Å²) in [7, 11) is 3.39. The van der Waals surface area contributed by atoms with Crippen LogP contribution >= 0.6 is 0 Å². The monoisotopic (exact) mass is 287 g/mol. The molecule has 2 aromatic heterocycles. The van der Waals surface area contributed by atoms with Crippen LogP contribution in [0.15, 0.2) is 18.3 Å². The van der Waals surface area contributed by atoms with E-state index < -0.39 is 17.7 Å². The Kier molecular flexibility index (Phi) is 3.43. The first-order chi connectivity index (χ1) is 9.20. The van der Waals surface area contributed by atoms with Crippen LogP contribution in [-0.2, 0) is 12.7 Å². The van der Waals surface area contributed by atoms with Gasteiger partial charge in [-0.2, -0.15) is 13.2 Å². The quantitative estimate of drug-likeness (QED) is 0.939. The van der Waals surface area contributed by atoms with Crippen molar-refractivity contribution in [3.05, 3.63) is 35.3 Å². The van der Waals surface area contributed by atoms with Gasteiger partial charge in [0.05, 0.1) is 11.3 Å². The number of imidazole rings is 1. The van der Waals surface area contributed by atoms with Crippen molar-refractivity contribution in [3.63, 3.8) is 0 Å². The van der Waals surface area contributed by atoms with Gasteiger partial charge in [-0.3, -0.25) is 0 Å². The first-order valence-electron chi connectivity index (χ1n) is 5.66. The molecule has 0 bridgehead atoms. The smallest absolute Gasteiger partial charge is 0.417 e. The molecule has 2 rings (SSSR count). The molecular formula is C12H12F3N3O2. The van der Waals surface area contributed by atoms with Gasteiger partial charge in [-0.15, -0.1) is 0 Å². The van der Waals surface area contributed by atoms with E-state index in [2.05, 4.69) is 4.98 Å². The maximum atomic E-state index is 12.7. The molecule has 1 N–H and O–H groups in total. The van der Waals surface area contributed by atoms with Gasteiger partial charge in [0, 0.05) is 12.7 Å². The van der Waals surface area contributed by atoms with E-state index in [1.54, 1.807) is 19.0 Å². The molecule has 0 radical (unpaired) electrons. The molecular weight excluding hydrogens is 275 g/mol. The Hall–Kier alpha value is -2.09. The summed E-state index contributed by atoms with van der Waals surface area (Å²) in [4.78, 5) is 16.7. The molecule has 0 aliphatic carbocycles. The van der Waals surface area contributed by atoms with Gasteiger partial charge in [-0.05, 0) is 26.2 Å². The SMILES string of the molecule is CN(C)Cc1c(C(=O)O)nc2ccc(C(F)(F)F)cn12. The van der Waals surface area contributed by atoms with Crippen molar-refractivity contribution in [3.8, 4) is 0 Å². The Morgan fingerprint density at radius 3 is 2.55 bits per heavy atom. The maximum absolute atomic E-state index is 12.7. The highest BCUT2D eigenvalue weighted by molar-refractivity contribution is 5.88. The molecule has 20 heavy (non-hydrogen) atoms. The zero-order valence-corrected chi connectivity index (χ0v) is 10.8. The lowest BCUT2D eigenvalue weighted by Crippen LogP contribution is -2.16. The van der Waals surface area contributed by atoms with E-state index in [0.717, 1.165) is 18.3 Å². The number of pyridine rings is 1. The Morgan fingerprint density at radius 2 is 2.05 bits per heavy atom. The van der Waals surface area contributed by atoms with E-state index in [0.29, 0.717) is 0 Å². The second-order valence-electron chi connectivity index (χ2n) is 4.59. The fourth-order valence-corrected chi connectivity index (χ4v) is 1.88. The van der Waals surface area contributed by atoms with E-state index in [4.69, 9.17) is 5.11 Å². The number of halogens is 3. The van der Waals surface area contributed by atoms with Crippen LogP contribution in [0.3, 0.4) is 0 Å². The summed E-state index contributed by atoms with van der Waals surface area (Å²) in [6.07, 6.45) is -3.62. The van der Waals surface area contributed by atoms with Gasteiger partial charge in [-0.25, -0.2) is 9.78 Å². The molecule has 2 heterocycles. The fraction of sp³-hybridized carbons (Fsp3) is 0.333. The molecule has 0 amide bonds. The van der Waals surface area contributed by atoms with Gasteiger partial charge in [0.25, 0.3) is 0 Å². The Labute approximate surface area is 112 Å². The number of carboxylic acids is 1. The molecule has 0 saturated heterocycles. The Bertz CT molecular complexity index is 662. The summed E-state index contributed by atoms with van der Waals surface area (Å²) < 4.78 is 39.3. The van der Waals surface area contributed by atoms with Crippen molar-refractivity contribution < 1.29 is 23.1 Å². The van der Waals surface area contributed by atoms with Crippen molar-refractivity contribution in [2.45, 2.75) is 12.7 Å². The van der Waals surface area contributed by atoms with E-state index >= 15 is 0 Å². The van der Waals surface area contributed by atoms with Crippen molar-refractivity contribution in [2.24, 2.45) is 0 Å². The van der Waals surface area contributed by atoms with Crippen LogP contribution in [0.5, 0.6) is 0 Å². The number of rotatable bonds is 3. The number of nitrogens with zero attached hydrogens (tertiary/aromatic N) is 3. The lowest BCUT2D eigenvalue weighted by molar-refractivity contribution is -0.137. The number of aromatic carboxylic acids is 1. The van der Waals surface area contributed by atoms with Crippen LogP contribution in [-0.4, -0.2) is 39.5 Å². The topological polar surface area (TPSA) is 57.8 Å². The minimum absolute atomic E-state index is 0.171. The van der Waals surface area contributed by atoms with Crippen LogP contribution in [0, 0.1) is 0 Å². The van der Waals surface area contributed by atoms with E-state index in [1.165, 1.54) is 4.40 Å². The van der Waals surface area contributed by atoms with Gasteiger partial charge in [0.2, 0.25) is 0 Å². The van der Waals surface area contributed by atoms with Crippen LogP contribution in [0.4, 0.5) is 13.2 Å². The Morgan fingerprint density at radius 1 is 1.40 bits per heavy atom. The van der Waals surface area contributed by atoms with Gasteiger partial charge >= 0.3 is 12.1 Å². The summed E-state index contributed by atoms with van der Waals surface area (Å²) in [6.45, 7) is 0.171. The standard InChI is InChI=1S/C12H12F3N3O2/c1-17(2)6-8-10(11(19)20)16-9-4-3-7(5-18(8)9)12(13,14)15/h3-5H,6H2,1-2H3,(H,19,20). The first kappa shape index (κ1) is 14.3. The molecule has 5 nitrogen and oxygen atoms in total. The second kappa shape index (κ2) is 4.78. The summed E-state index contributed by atoms with van der Waals surface area (Å²) in [5.74, 6) is -1.26. The predicted octanol–water partition coefficient (Wildman–Crippen LogP) is 2.11. The molecule has 0 saturated carbocycles. The maximum Gasteiger partial charge on any atom is 0.417 e. The average molecular weight is 287 g/mol. The van der Waals surface area contributed by atoms with Crippen LogP contribution in [0.25, 0.3) is 5.65 Å². The molecule has 0 spiro atoms. The molecule has 0 aliphatic rings. The average Bonchev–Trinajstić information content (AvgIpc) is 2.65. The largest absolute Gasteiger partial charge is 0.476 e. The fourth-order valence-electron chi connectivity index (χ4n) is 1.88. The third-order valence-corrected chi connectivity index (χ3v) is 2.71. The number of carbonyl (C=O) groups is 1. The first-order valence-corrected chi connectivity index (χ1v) is 5.66. The molecule has 108 valence electrons. The summed E-state index contributed by atoms with van der Waals surface area (Å²) in [5.41, 5.74) is -0.701. The number of alkyl halides is 3. The number of carboxylic acid groups (broad SMARTS) is 1. The number of fused-ring (bicyclic) bond motifs is 1. The zero-order valence-electron chi connectivity index (χ0n) is 10.8. The third-order valence-electron chi connectivity index (χ3n) is 2.71. The second-order valence-corrected chi connectivity index (χ2v) is 4.59. The normalized spacial score (nSPS) is 12.3. The van der Waals surface area contributed by atoms with Crippen molar-refractivity contribution in [1.82, 2.24) is 14.3 Å². The highest BCUT2D eigenvalue weighted by Crippen LogP contribution is 2.30. The molecule has 0 atom stereocenters. The van der Waals surface area contributed by atoms with Crippen molar-refractivity contribution >= 4 is 11.6 Å². The summed E-state index contributed by atoms with van der Waals surface area (Å²) in [6, 6.07) is 2.04. The lowest BCUT2D eigenvalue weighted by atomic mass is 10.2. The van der Waals surface area contributed by atoms with E-state index in [9.17, 15) is 18.0 Å². The Balaban J connectivity index is 2.69. The van der Waals surface area contributed by atoms with Gasteiger partial charge in [0.15, 0.2) is 5.69 Å².